The summed E-state index contributed by atoms with van der Waals surface area (Å²) >= 11 is 3.12. The fraction of sp³-hybridized carbons (Fsp3) is 0.538. The Balaban J connectivity index is 2.27. The molecule has 19 heavy (non-hydrogen) atoms. The Morgan fingerprint density at radius 2 is 2.00 bits per heavy atom. The second-order valence-electron chi connectivity index (χ2n) is 5.26. The van der Waals surface area contributed by atoms with Gasteiger partial charge >= 0.3 is 0 Å². The summed E-state index contributed by atoms with van der Waals surface area (Å²) in [6, 6.07) is 4.04. The van der Waals surface area contributed by atoms with Gasteiger partial charge in [0.05, 0.1) is 5.75 Å². The van der Waals surface area contributed by atoms with Crippen LogP contribution >= 0.6 is 15.9 Å². The summed E-state index contributed by atoms with van der Waals surface area (Å²) < 4.78 is 44.3. The van der Waals surface area contributed by atoms with Crippen LogP contribution in [-0.4, -0.2) is 27.4 Å². The molecule has 1 aliphatic rings. The van der Waals surface area contributed by atoms with Crippen LogP contribution in [-0.2, 0) is 14.6 Å². The van der Waals surface area contributed by atoms with E-state index in [0.29, 0.717) is 30.5 Å². The van der Waals surface area contributed by atoms with Crippen molar-refractivity contribution in [1.29, 1.82) is 0 Å². The number of halogens is 2. The quantitative estimate of drug-likeness (QED) is 0.840. The Kier molecular flexibility index (Phi) is 4.32. The molecule has 1 aromatic rings. The molecule has 1 aromatic carbocycles. The monoisotopic (exact) mass is 350 g/mol. The van der Waals surface area contributed by atoms with Crippen LogP contribution in [0.4, 0.5) is 4.39 Å². The van der Waals surface area contributed by atoms with Gasteiger partial charge in [-0.2, -0.15) is 0 Å². The lowest BCUT2D eigenvalue weighted by Crippen LogP contribution is -2.33. The number of hydrogen-bond acceptors (Lipinski definition) is 3. The van der Waals surface area contributed by atoms with E-state index in [-0.39, 0.29) is 16.1 Å². The van der Waals surface area contributed by atoms with E-state index >= 15 is 0 Å². The third kappa shape index (κ3) is 3.55. The molecule has 0 bridgehead atoms. The molecule has 0 radical (unpaired) electrons. The highest BCUT2D eigenvalue weighted by atomic mass is 79.9. The van der Waals surface area contributed by atoms with Crippen LogP contribution in [0.15, 0.2) is 27.6 Å². The number of ether oxygens (including phenoxy) is 1. The average molecular weight is 351 g/mol. The van der Waals surface area contributed by atoms with Crippen molar-refractivity contribution in [2.45, 2.75) is 24.7 Å². The van der Waals surface area contributed by atoms with Gasteiger partial charge in [0.2, 0.25) is 0 Å². The van der Waals surface area contributed by atoms with Crippen LogP contribution in [0.1, 0.15) is 19.8 Å². The van der Waals surface area contributed by atoms with Gasteiger partial charge in [0.1, 0.15) is 10.7 Å². The summed E-state index contributed by atoms with van der Waals surface area (Å²) in [5.41, 5.74) is -0.337. The zero-order chi connectivity index (χ0) is 14.1. The second kappa shape index (κ2) is 5.50. The molecular weight excluding hydrogens is 335 g/mol. The number of sulfone groups is 1. The highest BCUT2D eigenvalue weighted by Crippen LogP contribution is 2.34. The Hall–Kier alpha value is -0.460. The van der Waals surface area contributed by atoms with Gasteiger partial charge in [-0.3, -0.25) is 0 Å². The molecular formula is C13H16BrFO3S. The first-order valence-electron chi connectivity index (χ1n) is 6.08. The molecule has 0 unspecified atom stereocenters. The van der Waals surface area contributed by atoms with Gasteiger partial charge in [0.15, 0.2) is 9.84 Å². The SMILES string of the molecule is CC1(CS(=O)(=O)c2ccc(Br)cc2F)CCOCC1. The zero-order valence-electron chi connectivity index (χ0n) is 10.7. The van der Waals surface area contributed by atoms with Crippen LogP contribution in [0.25, 0.3) is 0 Å². The van der Waals surface area contributed by atoms with Gasteiger partial charge in [-0.25, -0.2) is 12.8 Å². The molecule has 6 heteroatoms. The third-order valence-corrected chi connectivity index (χ3v) is 6.04. The van der Waals surface area contributed by atoms with Gasteiger partial charge < -0.3 is 4.74 Å². The van der Waals surface area contributed by atoms with Gasteiger partial charge in [-0.15, -0.1) is 0 Å². The van der Waals surface area contributed by atoms with Gasteiger partial charge in [0.25, 0.3) is 0 Å². The minimum Gasteiger partial charge on any atom is -0.381 e. The van der Waals surface area contributed by atoms with E-state index in [2.05, 4.69) is 15.9 Å². The van der Waals surface area contributed by atoms with Crippen LogP contribution < -0.4 is 0 Å². The fourth-order valence-electron chi connectivity index (χ4n) is 2.27. The minimum absolute atomic E-state index is 0.0398. The van der Waals surface area contributed by atoms with E-state index in [9.17, 15) is 12.8 Å². The summed E-state index contributed by atoms with van der Waals surface area (Å²) in [5.74, 6) is -0.743. The molecule has 1 fully saturated rings. The molecule has 0 atom stereocenters. The second-order valence-corrected chi connectivity index (χ2v) is 8.13. The largest absolute Gasteiger partial charge is 0.381 e. The molecule has 0 saturated carbocycles. The van der Waals surface area contributed by atoms with Crippen molar-refractivity contribution in [2.75, 3.05) is 19.0 Å². The first-order chi connectivity index (χ1) is 8.82. The lowest BCUT2D eigenvalue weighted by atomic mass is 9.85. The van der Waals surface area contributed by atoms with Crippen molar-refractivity contribution < 1.29 is 17.5 Å². The van der Waals surface area contributed by atoms with Crippen molar-refractivity contribution in [3.05, 3.63) is 28.5 Å². The normalized spacial score (nSPS) is 19.3. The van der Waals surface area contributed by atoms with Crippen molar-refractivity contribution in [1.82, 2.24) is 0 Å². The Bertz CT molecular complexity index is 565. The number of rotatable bonds is 3. The molecule has 1 saturated heterocycles. The first kappa shape index (κ1) is 14.9. The van der Waals surface area contributed by atoms with Gasteiger partial charge in [0, 0.05) is 17.7 Å². The van der Waals surface area contributed by atoms with E-state index in [1.807, 2.05) is 6.92 Å². The maximum absolute atomic E-state index is 13.8. The van der Waals surface area contributed by atoms with E-state index in [4.69, 9.17) is 4.74 Å². The predicted molar refractivity (Wildman–Crippen MR) is 74.3 cm³/mol. The Morgan fingerprint density at radius 3 is 2.58 bits per heavy atom. The molecule has 1 aliphatic heterocycles. The third-order valence-electron chi connectivity index (χ3n) is 3.47. The average Bonchev–Trinajstić information content (AvgIpc) is 2.27. The molecule has 106 valence electrons. The smallest absolute Gasteiger partial charge is 0.181 e. The first-order valence-corrected chi connectivity index (χ1v) is 8.53. The van der Waals surface area contributed by atoms with Gasteiger partial charge in [-0.05, 0) is 36.5 Å². The van der Waals surface area contributed by atoms with E-state index in [1.165, 1.54) is 12.1 Å². The van der Waals surface area contributed by atoms with Crippen LogP contribution in [0.3, 0.4) is 0 Å². The summed E-state index contributed by atoms with van der Waals surface area (Å²) in [7, 11) is -3.62. The maximum Gasteiger partial charge on any atom is 0.181 e. The van der Waals surface area contributed by atoms with Crippen molar-refractivity contribution in [2.24, 2.45) is 5.41 Å². The standard InChI is InChI=1S/C13H16BrFO3S/c1-13(4-6-18-7-5-13)9-19(16,17)12-3-2-10(14)8-11(12)15/h2-3,8H,4-7,9H2,1H3. The Labute approximate surface area is 121 Å². The number of benzene rings is 1. The molecule has 3 nitrogen and oxygen atoms in total. The molecule has 0 aromatic heterocycles. The fourth-order valence-corrected chi connectivity index (χ4v) is 4.60. The zero-order valence-corrected chi connectivity index (χ0v) is 13.1. The van der Waals surface area contributed by atoms with E-state index in [1.54, 1.807) is 6.07 Å². The molecule has 0 spiro atoms. The maximum atomic E-state index is 13.8. The van der Waals surface area contributed by atoms with Crippen molar-refractivity contribution in [3.8, 4) is 0 Å². The molecule has 0 amide bonds. The lowest BCUT2D eigenvalue weighted by Gasteiger charge is -2.33. The van der Waals surface area contributed by atoms with Crippen LogP contribution in [0.2, 0.25) is 0 Å². The Morgan fingerprint density at radius 1 is 1.37 bits per heavy atom. The predicted octanol–water partition coefficient (Wildman–Crippen LogP) is 3.18. The molecule has 2 rings (SSSR count). The minimum atomic E-state index is -3.62. The summed E-state index contributed by atoms with van der Waals surface area (Å²) in [6.45, 7) is 3.05. The summed E-state index contributed by atoms with van der Waals surface area (Å²) in [6.07, 6.45) is 1.37. The van der Waals surface area contributed by atoms with Crippen molar-refractivity contribution >= 4 is 25.8 Å². The van der Waals surface area contributed by atoms with Crippen LogP contribution in [0, 0.1) is 11.2 Å². The summed E-state index contributed by atoms with van der Waals surface area (Å²) in [5, 5.41) is 0. The lowest BCUT2D eigenvalue weighted by molar-refractivity contribution is 0.0341. The molecule has 0 aliphatic carbocycles. The summed E-state index contributed by atoms with van der Waals surface area (Å²) in [4.78, 5) is -0.219. The molecule has 1 heterocycles. The number of hydrogen-bond donors (Lipinski definition) is 0. The van der Waals surface area contributed by atoms with E-state index < -0.39 is 15.7 Å². The highest BCUT2D eigenvalue weighted by molar-refractivity contribution is 9.10. The van der Waals surface area contributed by atoms with Crippen LogP contribution in [0.5, 0.6) is 0 Å². The van der Waals surface area contributed by atoms with Gasteiger partial charge in [-0.1, -0.05) is 22.9 Å². The topological polar surface area (TPSA) is 43.4 Å². The van der Waals surface area contributed by atoms with E-state index in [0.717, 1.165) is 0 Å². The molecule has 0 N–H and O–H groups in total. The van der Waals surface area contributed by atoms with Crippen molar-refractivity contribution in [3.63, 3.8) is 0 Å². The highest BCUT2D eigenvalue weighted by Gasteiger charge is 2.34.